The topological polar surface area (TPSA) is 43.4 Å². The van der Waals surface area contributed by atoms with Crippen LogP contribution in [0.15, 0.2) is 37.9 Å². The van der Waals surface area contributed by atoms with Gasteiger partial charge in [-0.1, -0.05) is 26.0 Å². The van der Waals surface area contributed by atoms with Crippen LogP contribution >= 0.6 is 0 Å². The zero-order valence-electron chi connectivity index (χ0n) is 12.0. The Labute approximate surface area is 117 Å². The third-order valence-electron chi connectivity index (χ3n) is 4.06. The first-order valence-corrected chi connectivity index (χ1v) is 7.12. The van der Waals surface area contributed by atoms with Gasteiger partial charge < -0.3 is 8.83 Å². The maximum atomic E-state index is 12.3. The van der Waals surface area contributed by atoms with E-state index in [1.165, 1.54) is 0 Å². The van der Waals surface area contributed by atoms with Crippen LogP contribution in [0.25, 0.3) is 21.9 Å². The number of furan rings is 1. The van der Waals surface area contributed by atoms with Crippen molar-refractivity contribution < 1.29 is 8.83 Å². The van der Waals surface area contributed by atoms with Gasteiger partial charge in [-0.2, -0.15) is 0 Å². The largest absolute Gasteiger partial charge is 0.460 e. The molecule has 0 spiro atoms. The molecule has 0 amide bonds. The third-order valence-corrected chi connectivity index (χ3v) is 4.06. The van der Waals surface area contributed by atoms with E-state index in [0.29, 0.717) is 22.5 Å². The summed E-state index contributed by atoms with van der Waals surface area (Å²) in [6.07, 6.45) is 1.97. The Hall–Kier alpha value is -2.03. The van der Waals surface area contributed by atoms with Gasteiger partial charge in [-0.3, -0.25) is 0 Å². The van der Waals surface area contributed by atoms with Crippen LogP contribution in [0, 0.1) is 6.92 Å². The highest BCUT2D eigenvalue weighted by Gasteiger charge is 2.23. The molecule has 20 heavy (non-hydrogen) atoms. The maximum Gasteiger partial charge on any atom is 0.347 e. The van der Waals surface area contributed by atoms with Crippen molar-refractivity contribution >= 4 is 21.9 Å². The summed E-state index contributed by atoms with van der Waals surface area (Å²) >= 11 is 0. The molecule has 0 bridgehead atoms. The molecule has 2 aromatic heterocycles. The molecule has 104 valence electrons. The average Bonchev–Trinajstić information content (AvgIpc) is 2.79. The first-order chi connectivity index (χ1) is 9.67. The fourth-order valence-electron chi connectivity index (χ4n) is 3.03. The van der Waals surface area contributed by atoms with Gasteiger partial charge in [-0.15, -0.1) is 0 Å². The molecule has 0 radical (unpaired) electrons. The lowest BCUT2D eigenvalue weighted by molar-refractivity contribution is 0.551. The van der Waals surface area contributed by atoms with Crippen LogP contribution in [0.2, 0.25) is 0 Å². The van der Waals surface area contributed by atoms with E-state index in [0.717, 1.165) is 29.6 Å². The van der Waals surface area contributed by atoms with E-state index in [1.807, 2.05) is 25.1 Å². The molecule has 0 N–H and O–H groups in total. The molecule has 0 unspecified atom stereocenters. The number of hydrogen-bond donors (Lipinski definition) is 0. The number of hydrogen-bond acceptors (Lipinski definition) is 3. The van der Waals surface area contributed by atoms with Crippen LogP contribution in [0.5, 0.6) is 0 Å². The summed E-state index contributed by atoms with van der Waals surface area (Å²) in [7, 11) is 0. The highest BCUT2D eigenvalue weighted by Crippen LogP contribution is 2.36. The Morgan fingerprint density at radius 2 is 1.80 bits per heavy atom. The van der Waals surface area contributed by atoms with Crippen LogP contribution in [0.3, 0.4) is 0 Å². The summed E-state index contributed by atoms with van der Waals surface area (Å²) < 4.78 is 11.4. The Kier molecular flexibility index (Phi) is 3.13. The zero-order valence-corrected chi connectivity index (χ0v) is 12.0. The molecule has 2 heterocycles. The minimum atomic E-state index is -0.294. The normalized spacial score (nSPS) is 11.8. The summed E-state index contributed by atoms with van der Waals surface area (Å²) in [5.74, 6) is 1.16. The standard InChI is InChI=1S/C17H18O3/c1-4-11(5-2)14-10(3)19-16-12-8-6-7-9-13(12)20-17(18)15(14)16/h6-9,11H,4-5H2,1-3H3. The number of rotatable bonds is 3. The lowest BCUT2D eigenvalue weighted by Crippen LogP contribution is -2.04. The summed E-state index contributed by atoms with van der Waals surface area (Å²) in [4.78, 5) is 12.3. The van der Waals surface area contributed by atoms with E-state index in [4.69, 9.17) is 8.83 Å². The quantitative estimate of drug-likeness (QED) is 0.645. The Balaban J connectivity index is 2.47. The molecule has 0 saturated carbocycles. The molecule has 0 fully saturated rings. The predicted octanol–water partition coefficient (Wildman–Crippen LogP) is 4.75. The molecular formula is C17H18O3. The minimum absolute atomic E-state index is 0.294. The van der Waals surface area contributed by atoms with Crippen LogP contribution in [-0.2, 0) is 0 Å². The smallest absolute Gasteiger partial charge is 0.347 e. The van der Waals surface area contributed by atoms with Crippen molar-refractivity contribution in [2.75, 3.05) is 0 Å². The van der Waals surface area contributed by atoms with Crippen molar-refractivity contribution in [2.24, 2.45) is 0 Å². The van der Waals surface area contributed by atoms with E-state index in [1.54, 1.807) is 6.07 Å². The molecule has 3 nitrogen and oxygen atoms in total. The Morgan fingerprint density at radius 3 is 2.50 bits per heavy atom. The van der Waals surface area contributed by atoms with Crippen molar-refractivity contribution in [1.29, 1.82) is 0 Å². The Bertz CT molecular complexity index is 819. The molecule has 3 rings (SSSR count). The molecular weight excluding hydrogens is 252 g/mol. The first-order valence-electron chi connectivity index (χ1n) is 7.12. The van der Waals surface area contributed by atoms with Gasteiger partial charge in [0.2, 0.25) is 0 Å². The van der Waals surface area contributed by atoms with Gasteiger partial charge in [0.1, 0.15) is 16.7 Å². The van der Waals surface area contributed by atoms with Crippen molar-refractivity contribution in [3.63, 3.8) is 0 Å². The lowest BCUT2D eigenvalue weighted by atomic mass is 9.92. The zero-order chi connectivity index (χ0) is 14.3. The summed E-state index contributed by atoms with van der Waals surface area (Å²) in [5.41, 5.74) is 1.97. The molecule has 0 aliphatic carbocycles. The highest BCUT2D eigenvalue weighted by atomic mass is 16.4. The van der Waals surface area contributed by atoms with Crippen LogP contribution in [0.1, 0.15) is 43.9 Å². The van der Waals surface area contributed by atoms with Crippen LogP contribution in [0.4, 0.5) is 0 Å². The SMILES string of the molecule is CCC(CC)c1c(C)oc2c1c(=O)oc1ccccc12. The van der Waals surface area contributed by atoms with Gasteiger partial charge >= 0.3 is 5.63 Å². The fourth-order valence-corrected chi connectivity index (χ4v) is 3.03. The molecule has 0 aliphatic rings. The molecule has 0 atom stereocenters. The van der Waals surface area contributed by atoms with Gasteiger partial charge in [-0.25, -0.2) is 4.79 Å². The van der Waals surface area contributed by atoms with E-state index in [9.17, 15) is 4.79 Å². The van der Waals surface area contributed by atoms with E-state index in [-0.39, 0.29) is 5.63 Å². The van der Waals surface area contributed by atoms with Crippen LogP contribution in [-0.4, -0.2) is 0 Å². The van der Waals surface area contributed by atoms with Gasteiger partial charge in [0.25, 0.3) is 0 Å². The summed E-state index contributed by atoms with van der Waals surface area (Å²) in [5, 5.41) is 1.48. The lowest BCUT2D eigenvalue weighted by Gasteiger charge is -2.11. The maximum absolute atomic E-state index is 12.3. The first kappa shape index (κ1) is 13.0. The molecule has 0 aliphatic heterocycles. The summed E-state index contributed by atoms with van der Waals surface area (Å²) in [6.45, 7) is 6.20. The molecule has 1 aromatic carbocycles. The number of aryl methyl sites for hydroxylation is 1. The molecule has 0 saturated heterocycles. The van der Waals surface area contributed by atoms with Gasteiger partial charge in [-0.05, 0) is 37.8 Å². The monoisotopic (exact) mass is 270 g/mol. The van der Waals surface area contributed by atoms with E-state index in [2.05, 4.69) is 13.8 Å². The van der Waals surface area contributed by atoms with Gasteiger partial charge in [0.05, 0.1) is 5.39 Å². The van der Waals surface area contributed by atoms with Crippen LogP contribution < -0.4 is 5.63 Å². The second kappa shape index (κ2) is 4.82. The second-order valence-corrected chi connectivity index (χ2v) is 5.18. The third kappa shape index (κ3) is 1.77. The highest BCUT2D eigenvalue weighted by molar-refractivity contribution is 6.02. The average molecular weight is 270 g/mol. The molecule has 3 aromatic rings. The fraction of sp³-hybridized carbons (Fsp3) is 0.353. The molecule has 3 heteroatoms. The van der Waals surface area contributed by atoms with E-state index < -0.39 is 0 Å². The van der Waals surface area contributed by atoms with Crippen molar-refractivity contribution in [1.82, 2.24) is 0 Å². The summed E-state index contributed by atoms with van der Waals surface area (Å²) in [6, 6.07) is 7.51. The van der Waals surface area contributed by atoms with Crippen molar-refractivity contribution in [3.05, 3.63) is 46.0 Å². The van der Waals surface area contributed by atoms with Gasteiger partial charge in [0, 0.05) is 5.56 Å². The Morgan fingerprint density at radius 1 is 1.10 bits per heavy atom. The predicted molar refractivity (Wildman–Crippen MR) is 80.3 cm³/mol. The van der Waals surface area contributed by atoms with Crippen molar-refractivity contribution in [2.45, 2.75) is 39.5 Å². The second-order valence-electron chi connectivity index (χ2n) is 5.18. The minimum Gasteiger partial charge on any atom is -0.460 e. The van der Waals surface area contributed by atoms with Crippen molar-refractivity contribution in [3.8, 4) is 0 Å². The van der Waals surface area contributed by atoms with Gasteiger partial charge in [0.15, 0.2) is 5.58 Å². The van der Waals surface area contributed by atoms with E-state index >= 15 is 0 Å². The number of benzene rings is 1. The number of para-hydroxylation sites is 1. The number of fused-ring (bicyclic) bond motifs is 3.